The summed E-state index contributed by atoms with van der Waals surface area (Å²) in [7, 11) is -3.74. The Hall–Kier alpha value is -2.39. The largest absolute Gasteiger partial charge is 0.354 e. The van der Waals surface area contributed by atoms with E-state index in [9.17, 15) is 18.0 Å². The minimum Gasteiger partial charge on any atom is -0.354 e. The van der Waals surface area contributed by atoms with Crippen LogP contribution in [0.5, 0.6) is 0 Å². The van der Waals surface area contributed by atoms with E-state index in [0.29, 0.717) is 16.7 Å². The minimum atomic E-state index is -3.74. The lowest BCUT2D eigenvalue weighted by Crippen LogP contribution is -2.51. The molecule has 9 heteroatoms. The SMILES string of the molecule is Cc1ccc(CN(C(=O)CN(c2cccc(Br)c2)S(C)(=O)=O)[C@@H](C)C(=O)NCC(C)C)cc1. The summed E-state index contributed by atoms with van der Waals surface area (Å²) in [6.45, 7) is 7.87. The number of hydrogen-bond donors (Lipinski definition) is 1. The van der Waals surface area contributed by atoms with E-state index in [2.05, 4.69) is 21.2 Å². The predicted octanol–water partition coefficient (Wildman–Crippen LogP) is 3.71. The first-order valence-corrected chi connectivity index (χ1v) is 13.4. The average Bonchev–Trinajstić information content (AvgIpc) is 2.73. The first-order chi connectivity index (χ1) is 15.4. The summed E-state index contributed by atoms with van der Waals surface area (Å²) >= 11 is 3.34. The van der Waals surface area contributed by atoms with E-state index in [4.69, 9.17) is 0 Å². The lowest BCUT2D eigenvalue weighted by Gasteiger charge is -2.31. The van der Waals surface area contributed by atoms with Crippen molar-refractivity contribution in [3.63, 3.8) is 0 Å². The number of halogens is 1. The van der Waals surface area contributed by atoms with E-state index in [0.717, 1.165) is 21.7 Å². The molecular weight excluding hydrogens is 506 g/mol. The van der Waals surface area contributed by atoms with Crippen LogP contribution < -0.4 is 9.62 Å². The summed E-state index contributed by atoms with van der Waals surface area (Å²) in [5.41, 5.74) is 2.30. The number of benzene rings is 2. The lowest BCUT2D eigenvalue weighted by atomic mass is 10.1. The van der Waals surface area contributed by atoms with Crippen molar-refractivity contribution in [1.82, 2.24) is 10.2 Å². The van der Waals surface area contributed by atoms with Gasteiger partial charge < -0.3 is 10.2 Å². The van der Waals surface area contributed by atoms with Gasteiger partial charge in [-0.15, -0.1) is 0 Å². The molecule has 1 N–H and O–H groups in total. The molecule has 0 aliphatic heterocycles. The van der Waals surface area contributed by atoms with Gasteiger partial charge in [-0.2, -0.15) is 0 Å². The number of rotatable bonds is 10. The zero-order valence-electron chi connectivity index (χ0n) is 19.7. The quantitative estimate of drug-likeness (QED) is 0.500. The number of nitrogens with one attached hydrogen (secondary N) is 1. The van der Waals surface area contributed by atoms with Crippen LogP contribution in [-0.2, 0) is 26.2 Å². The van der Waals surface area contributed by atoms with Gasteiger partial charge in [-0.05, 0) is 43.5 Å². The van der Waals surface area contributed by atoms with Gasteiger partial charge in [-0.3, -0.25) is 13.9 Å². The summed E-state index contributed by atoms with van der Waals surface area (Å²) in [5, 5.41) is 2.86. The molecule has 0 spiro atoms. The number of aryl methyl sites for hydroxylation is 1. The van der Waals surface area contributed by atoms with Crippen molar-refractivity contribution < 1.29 is 18.0 Å². The minimum absolute atomic E-state index is 0.186. The summed E-state index contributed by atoms with van der Waals surface area (Å²) < 4.78 is 26.8. The summed E-state index contributed by atoms with van der Waals surface area (Å²) in [5.74, 6) is -0.481. The van der Waals surface area contributed by atoms with Gasteiger partial charge in [0, 0.05) is 17.6 Å². The van der Waals surface area contributed by atoms with E-state index in [1.54, 1.807) is 31.2 Å². The summed E-state index contributed by atoms with van der Waals surface area (Å²) in [6.07, 6.45) is 1.06. The number of anilines is 1. The lowest BCUT2D eigenvalue weighted by molar-refractivity contribution is -0.139. The van der Waals surface area contributed by atoms with Crippen molar-refractivity contribution in [3.8, 4) is 0 Å². The maximum Gasteiger partial charge on any atom is 0.244 e. The van der Waals surface area contributed by atoms with Crippen LogP contribution in [-0.4, -0.2) is 50.5 Å². The number of sulfonamides is 1. The Morgan fingerprint density at radius 3 is 2.24 bits per heavy atom. The third-order valence-corrected chi connectivity index (χ3v) is 6.73. The van der Waals surface area contributed by atoms with E-state index in [1.807, 2.05) is 45.0 Å². The maximum absolute atomic E-state index is 13.4. The van der Waals surface area contributed by atoms with Gasteiger partial charge in [0.25, 0.3) is 0 Å². The molecule has 7 nitrogen and oxygen atoms in total. The molecule has 180 valence electrons. The van der Waals surface area contributed by atoms with Crippen LogP contribution in [0.4, 0.5) is 5.69 Å². The molecule has 0 unspecified atom stereocenters. The van der Waals surface area contributed by atoms with Crippen LogP contribution in [0.25, 0.3) is 0 Å². The highest BCUT2D eigenvalue weighted by molar-refractivity contribution is 9.10. The summed E-state index contributed by atoms with van der Waals surface area (Å²) in [4.78, 5) is 27.7. The Morgan fingerprint density at radius 2 is 1.70 bits per heavy atom. The molecule has 2 amide bonds. The van der Waals surface area contributed by atoms with E-state index in [1.165, 1.54) is 4.90 Å². The second kappa shape index (κ2) is 11.7. The van der Waals surface area contributed by atoms with E-state index >= 15 is 0 Å². The first-order valence-electron chi connectivity index (χ1n) is 10.7. The first kappa shape index (κ1) is 26.9. The molecule has 0 aromatic heterocycles. The standard InChI is InChI=1S/C24H32BrN3O4S/c1-17(2)14-26-24(30)19(4)27(15-20-11-9-18(3)10-12-20)23(29)16-28(33(5,31)32)22-8-6-7-21(25)13-22/h6-13,17,19H,14-16H2,1-5H3,(H,26,30)/t19-/m0/s1. The monoisotopic (exact) mass is 537 g/mol. The van der Waals surface area contributed by atoms with Gasteiger partial charge >= 0.3 is 0 Å². The molecule has 0 saturated heterocycles. The third-order valence-electron chi connectivity index (χ3n) is 5.10. The van der Waals surface area contributed by atoms with E-state index < -0.39 is 28.5 Å². The molecule has 0 aliphatic rings. The average molecular weight is 539 g/mol. The second-order valence-corrected chi connectivity index (χ2v) is 11.4. The van der Waals surface area contributed by atoms with Gasteiger partial charge in [0.1, 0.15) is 12.6 Å². The topological polar surface area (TPSA) is 86.8 Å². The Morgan fingerprint density at radius 1 is 1.06 bits per heavy atom. The van der Waals surface area contributed by atoms with Gasteiger partial charge in [0.05, 0.1) is 11.9 Å². The van der Waals surface area contributed by atoms with Gasteiger partial charge in [0.15, 0.2) is 0 Å². The number of carbonyl (C=O) groups excluding carboxylic acids is 2. The maximum atomic E-state index is 13.4. The smallest absolute Gasteiger partial charge is 0.244 e. The fourth-order valence-corrected chi connectivity index (χ4v) is 4.40. The molecule has 0 saturated carbocycles. The fraction of sp³-hybridized carbons (Fsp3) is 0.417. The highest BCUT2D eigenvalue weighted by Crippen LogP contribution is 2.23. The molecule has 1 atom stereocenters. The zero-order chi connectivity index (χ0) is 24.8. The molecule has 0 bridgehead atoms. The molecule has 0 fully saturated rings. The number of hydrogen-bond acceptors (Lipinski definition) is 4. The Labute approximate surface area is 205 Å². The third kappa shape index (κ3) is 8.16. The van der Waals surface area contributed by atoms with Crippen molar-refractivity contribution in [3.05, 3.63) is 64.1 Å². The van der Waals surface area contributed by atoms with Crippen LogP contribution >= 0.6 is 15.9 Å². The molecule has 0 aliphatic carbocycles. The number of carbonyl (C=O) groups is 2. The van der Waals surface area contributed by atoms with Crippen LogP contribution in [0.15, 0.2) is 53.0 Å². The second-order valence-electron chi connectivity index (χ2n) is 8.57. The van der Waals surface area contributed by atoms with Crippen LogP contribution in [0.1, 0.15) is 31.9 Å². The molecule has 2 rings (SSSR count). The Bertz CT molecular complexity index is 1070. The molecule has 2 aromatic carbocycles. The fourth-order valence-electron chi connectivity index (χ4n) is 3.17. The van der Waals surface area contributed by atoms with Crippen molar-refractivity contribution >= 4 is 43.5 Å². The number of amides is 2. The number of nitrogens with zero attached hydrogens (tertiary/aromatic N) is 2. The molecule has 2 aromatic rings. The molecular formula is C24H32BrN3O4S. The van der Waals surface area contributed by atoms with Gasteiger partial charge in [-0.1, -0.05) is 65.7 Å². The van der Waals surface area contributed by atoms with E-state index in [-0.39, 0.29) is 18.4 Å². The normalized spacial score (nSPS) is 12.3. The van der Waals surface area contributed by atoms with Crippen molar-refractivity contribution in [1.29, 1.82) is 0 Å². The van der Waals surface area contributed by atoms with Crippen LogP contribution in [0.2, 0.25) is 0 Å². The highest BCUT2D eigenvalue weighted by atomic mass is 79.9. The highest BCUT2D eigenvalue weighted by Gasteiger charge is 2.30. The van der Waals surface area contributed by atoms with Crippen molar-refractivity contribution in [2.75, 3.05) is 23.7 Å². The van der Waals surface area contributed by atoms with Gasteiger partial charge in [-0.25, -0.2) is 8.42 Å². The van der Waals surface area contributed by atoms with Crippen LogP contribution in [0.3, 0.4) is 0 Å². The van der Waals surface area contributed by atoms with Gasteiger partial charge in [0.2, 0.25) is 21.8 Å². The Kier molecular flexibility index (Phi) is 9.48. The molecule has 33 heavy (non-hydrogen) atoms. The zero-order valence-corrected chi connectivity index (χ0v) is 22.1. The Balaban J connectivity index is 2.35. The van der Waals surface area contributed by atoms with Crippen LogP contribution in [0, 0.1) is 12.8 Å². The predicted molar refractivity (Wildman–Crippen MR) is 135 cm³/mol. The van der Waals surface area contributed by atoms with Crippen molar-refractivity contribution in [2.45, 2.75) is 40.3 Å². The van der Waals surface area contributed by atoms with Crippen molar-refractivity contribution in [2.24, 2.45) is 5.92 Å². The molecule has 0 radical (unpaired) electrons. The summed E-state index contributed by atoms with van der Waals surface area (Å²) in [6, 6.07) is 13.6. The molecule has 0 heterocycles.